The molecule has 0 atom stereocenters. The van der Waals surface area contributed by atoms with Gasteiger partial charge in [-0.25, -0.2) is 4.98 Å². The molecule has 0 bridgehead atoms. The SMILES string of the molecule is Cc1cc(Cl)ccc1Oc1ncc(Br)cc1C. The standard InChI is InChI=1S/C13H11BrClNO/c1-8-6-11(15)3-4-12(8)17-13-9(2)5-10(14)7-16-13/h3-7H,1-2H3. The van der Waals surface area contributed by atoms with Gasteiger partial charge >= 0.3 is 0 Å². The van der Waals surface area contributed by atoms with Crippen molar-refractivity contribution in [1.82, 2.24) is 4.98 Å². The monoisotopic (exact) mass is 311 g/mol. The number of hydrogen-bond acceptors (Lipinski definition) is 2. The van der Waals surface area contributed by atoms with Crippen molar-refractivity contribution in [1.29, 1.82) is 0 Å². The van der Waals surface area contributed by atoms with Crippen molar-refractivity contribution >= 4 is 27.5 Å². The third-order valence-corrected chi connectivity index (χ3v) is 3.01. The van der Waals surface area contributed by atoms with Crippen LogP contribution in [-0.2, 0) is 0 Å². The fraction of sp³-hybridized carbons (Fsp3) is 0.154. The minimum Gasteiger partial charge on any atom is -0.438 e. The number of nitrogens with zero attached hydrogens (tertiary/aromatic N) is 1. The van der Waals surface area contributed by atoms with Crippen LogP contribution in [0.15, 0.2) is 34.9 Å². The van der Waals surface area contributed by atoms with Crippen molar-refractivity contribution in [3.05, 3.63) is 51.1 Å². The van der Waals surface area contributed by atoms with Crippen LogP contribution < -0.4 is 4.74 Å². The van der Waals surface area contributed by atoms with Gasteiger partial charge in [0.1, 0.15) is 5.75 Å². The maximum absolute atomic E-state index is 5.89. The van der Waals surface area contributed by atoms with Crippen LogP contribution in [-0.4, -0.2) is 4.98 Å². The molecular formula is C13H11BrClNO. The lowest BCUT2D eigenvalue weighted by molar-refractivity contribution is 0.455. The van der Waals surface area contributed by atoms with Crippen LogP contribution in [0.5, 0.6) is 11.6 Å². The quantitative estimate of drug-likeness (QED) is 0.786. The first-order chi connectivity index (χ1) is 8.06. The third-order valence-electron chi connectivity index (χ3n) is 2.34. The van der Waals surface area contributed by atoms with E-state index in [4.69, 9.17) is 16.3 Å². The summed E-state index contributed by atoms with van der Waals surface area (Å²) < 4.78 is 6.70. The number of halogens is 2. The van der Waals surface area contributed by atoms with E-state index in [1.807, 2.05) is 32.0 Å². The Balaban J connectivity index is 2.31. The lowest BCUT2D eigenvalue weighted by Gasteiger charge is -2.10. The molecule has 2 nitrogen and oxygen atoms in total. The molecule has 0 aliphatic rings. The van der Waals surface area contributed by atoms with Crippen LogP contribution in [0.2, 0.25) is 5.02 Å². The second-order valence-corrected chi connectivity index (χ2v) is 5.14. The Labute approximate surface area is 114 Å². The molecule has 0 N–H and O–H groups in total. The summed E-state index contributed by atoms with van der Waals surface area (Å²) in [5.74, 6) is 1.38. The first kappa shape index (κ1) is 12.4. The molecule has 0 saturated carbocycles. The fourth-order valence-electron chi connectivity index (χ4n) is 1.47. The first-order valence-corrected chi connectivity index (χ1v) is 6.29. The number of aromatic nitrogens is 1. The Morgan fingerprint density at radius 1 is 1.18 bits per heavy atom. The Morgan fingerprint density at radius 2 is 1.94 bits per heavy atom. The van der Waals surface area contributed by atoms with E-state index < -0.39 is 0 Å². The minimum atomic E-state index is 0.610. The Morgan fingerprint density at radius 3 is 2.59 bits per heavy atom. The topological polar surface area (TPSA) is 22.1 Å². The van der Waals surface area contributed by atoms with Gasteiger partial charge in [0.15, 0.2) is 0 Å². The molecule has 17 heavy (non-hydrogen) atoms. The van der Waals surface area contributed by atoms with Crippen molar-refractivity contribution in [2.45, 2.75) is 13.8 Å². The summed E-state index contributed by atoms with van der Waals surface area (Å²) in [6.07, 6.45) is 1.72. The first-order valence-electron chi connectivity index (χ1n) is 5.12. The van der Waals surface area contributed by atoms with E-state index in [2.05, 4.69) is 20.9 Å². The van der Waals surface area contributed by atoms with Gasteiger partial charge in [-0.15, -0.1) is 0 Å². The summed E-state index contributed by atoms with van der Waals surface area (Å²) in [7, 11) is 0. The Hall–Kier alpha value is -1.06. The number of pyridine rings is 1. The highest BCUT2D eigenvalue weighted by atomic mass is 79.9. The zero-order valence-electron chi connectivity index (χ0n) is 9.50. The normalized spacial score (nSPS) is 10.4. The average Bonchev–Trinajstić information content (AvgIpc) is 2.25. The molecule has 0 fully saturated rings. The molecule has 0 aliphatic carbocycles. The predicted octanol–water partition coefficient (Wildman–Crippen LogP) is 4.91. The molecule has 2 rings (SSSR count). The van der Waals surface area contributed by atoms with Gasteiger partial charge in [0.25, 0.3) is 0 Å². The highest BCUT2D eigenvalue weighted by molar-refractivity contribution is 9.10. The number of benzene rings is 1. The maximum Gasteiger partial charge on any atom is 0.222 e. The summed E-state index contributed by atoms with van der Waals surface area (Å²) in [6.45, 7) is 3.91. The van der Waals surface area contributed by atoms with Crippen LogP contribution in [0, 0.1) is 13.8 Å². The van der Waals surface area contributed by atoms with E-state index in [-0.39, 0.29) is 0 Å². The molecule has 1 aromatic heterocycles. The molecule has 0 spiro atoms. The van der Waals surface area contributed by atoms with Crippen molar-refractivity contribution in [2.24, 2.45) is 0 Å². The molecule has 2 aromatic rings. The largest absolute Gasteiger partial charge is 0.438 e. The van der Waals surface area contributed by atoms with Gasteiger partial charge in [0.05, 0.1) is 0 Å². The maximum atomic E-state index is 5.89. The second kappa shape index (κ2) is 5.07. The highest BCUT2D eigenvalue weighted by Gasteiger charge is 2.06. The summed E-state index contributed by atoms with van der Waals surface area (Å²) >= 11 is 9.26. The van der Waals surface area contributed by atoms with Crippen molar-refractivity contribution in [3.63, 3.8) is 0 Å². The molecular weight excluding hydrogens is 302 g/mol. The van der Waals surface area contributed by atoms with Gasteiger partial charge in [-0.3, -0.25) is 0 Å². The van der Waals surface area contributed by atoms with Crippen LogP contribution in [0.25, 0.3) is 0 Å². The van der Waals surface area contributed by atoms with E-state index in [9.17, 15) is 0 Å². The third kappa shape index (κ3) is 2.99. The summed E-state index contributed by atoms with van der Waals surface area (Å²) in [6, 6.07) is 7.48. The average molecular weight is 313 g/mol. The van der Waals surface area contributed by atoms with Crippen LogP contribution in [0.1, 0.15) is 11.1 Å². The van der Waals surface area contributed by atoms with E-state index in [1.54, 1.807) is 12.3 Å². The second-order valence-electron chi connectivity index (χ2n) is 3.79. The minimum absolute atomic E-state index is 0.610. The lowest BCUT2D eigenvalue weighted by Crippen LogP contribution is -1.93. The summed E-state index contributed by atoms with van der Waals surface area (Å²) in [5, 5.41) is 0.704. The lowest BCUT2D eigenvalue weighted by atomic mass is 10.2. The van der Waals surface area contributed by atoms with Crippen LogP contribution in [0.4, 0.5) is 0 Å². The van der Waals surface area contributed by atoms with Gasteiger partial charge in [0.2, 0.25) is 5.88 Å². The van der Waals surface area contributed by atoms with Crippen molar-refractivity contribution < 1.29 is 4.74 Å². The van der Waals surface area contributed by atoms with Gasteiger partial charge in [-0.2, -0.15) is 0 Å². The molecule has 0 amide bonds. The molecule has 0 saturated heterocycles. The molecule has 1 aromatic carbocycles. The molecule has 0 radical (unpaired) electrons. The van der Waals surface area contributed by atoms with Crippen molar-refractivity contribution in [3.8, 4) is 11.6 Å². The summed E-state index contributed by atoms with van der Waals surface area (Å²) in [5.41, 5.74) is 1.97. The summed E-state index contributed by atoms with van der Waals surface area (Å²) in [4.78, 5) is 4.23. The molecule has 4 heteroatoms. The Bertz CT molecular complexity index is 508. The number of rotatable bonds is 2. The zero-order chi connectivity index (χ0) is 12.4. The number of aryl methyl sites for hydroxylation is 2. The van der Waals surface area contributed by atoms with Crippen LogP contribution in [0.3, 0.4) is 0 Å². The molecule has 88 valence electrons. The van der Waals surface area contributed by atoms with Gasteiger partial charge in [0, 0.05) is 21.3 Å². The number of hydrogen-bond donors (Lipinski definition) is 0. The molecule has 0 unspecified atom stereocenters. The van der Waals surface area contributed by atoms with E-state index >= 15 is 0 Å². The van der Waals surface area contributed by atoms with Crippen LogP contribution >= 0.6 is 27.5 Å². The highest BCUT2D eigenvalue weighted by Crippen LogP contribution is 2.28. The van der Waals surface area contributed by atoms with Gasteiger partial charge in [-0.05, 0) is 59.6 Å². The molecule has 0 aliphatic heterocycles. The fourth-order valence-corrected chi connectivity index (χ4v) is 2.14. The number of ether oxygens (including phenoxy) is 1. The predicted molar refractivity (Wildman–Crippen MR) is 72.9 cm³/mol. The van der Waals surface area contributed by atoms with Gasteiger partial charge < -0.3 is 4.74 Å². The van der Waals surface area contributed by atoms with E-state index in [1.165, 1.54) is 0 Å². The van der Waals surface area contributed by atoms with Gasteiger partial charge in [-0.1, -0.05) is 11.6 Å². The van der Waals surface area contributed by atoms with Crippen molar-refractivity contribution in [2.75, 3.05) is 0 Å². The molecule has 1 heterocycles. The smallest absolute Gasteiger partial charge is 0.222 e. The Kier molecular flexibility index (Phi) is 3.69. The zero-order valence-corrected chi connectivity index (χ0v) is 11.8. The van der Waals surface area contributed by atoms with E-state index in [0.717, 1.165) is 21.3 Å². The van der Waals surface area contributed by atoms with E-state index in [0.29, 0.717) is 10.9 Å².